The lowest BCUT2D eigenvalue weighted by atomic mass is 10.1. The molecule has 3 aromatic carbocycles. The second-order valence-electron chi connectivity index (χ2n) is 6.53. The molecule has 0 radical (unpaired) electrons. The van der Waals surface area contributed by atoms with Gasteiger partial charge in [0, 0.05) is 22.8 Å². The zero-order valence-electron chi connectivity index (χ0n) is 17.1. The smallest absolute Gasteiger partial charge is 0.337 e. The Morgan fingerprint density at radius 1 is 1.09 bits per heavy atom. The molecule has 0 spiro atoms. The quantitative estimate of drug-likeness (QED) is 0.208. The fourth-order valence-electron chi connectivity index (χ4n) is 2.67. The fraction of sp³-hybridized carbons (Fsp3) is 0.0476. The first-order valence-corrected chi connectivity index (χ1v) is 11.1. The van der Waals surface area contributed by atoms with E-state index in [-0.39, 0.29) is 16.3 Å². The molecule has 0 unspecified atom stereocenters. The number of rotatable bonds is 8. The first-order chi connectivity index (χ1) is 15.7. The molecule has 170 valence electrons. The molecule has 0 bridgehead atoms. The Balaban J connectivity index is 1.87. The molecule has 3 aromatic rings. The van der Waals surface area contributed by atoms with Gasteiger partial charge < -0.3 is 4.74 Å². The lowest BCUT2D eigenvalue weighted by Gasteiger charge is -2.12. The van der Waals surface area contributed by atoms with Crippen LogP contribution in [0.15, 0.2) is 76.7 Å². The van der Waals surface area contributed by atoms with E-state index in [1.54, 1.807) is 24.3 Å². The van der Waals surface area contributed by atoms with Gasteiger partial charge in [-0.25, -0.2) is 13.2 Å². The molecule has 0 aliphatic heterocycles. The van der Waals surface area contributed by atoms with E-state index in [1.165, 1.54) is 43.7 Å². The van der Waals surface area contributed by atoms with Gasteiger partial charge in [-0.15, -0.1) is 0 Å². The second-order valence-corrected chi connectivity index (χ2v) is 8.62. The maximum atomic E-state index is 12.9. The highest BCUT2D eigenvalue weighted by molar-refractivity contribution is 7.92. The summed E-state index contributed by atoms with van der Waals surface area (Å²) in [6.45, 7) is 0. The normalized spacial score (nSPS) is 11.2. The average Bonchev–Trinajstić information content (AvgIpc) is 2.80. The summed E-state index contributed by atoms with van der Waals surface area (Å²) < 4.78 is 32.9. The molecule has 0 fully saturated rings. The van der Waals surface area contributed by atoms with Crippen molar-refractivity contribution < 1.29 is 22.9 Å². The molecule has 0 aliphatic carbocycles. The van der Waals surface area contributed by atoms with Gasteiger partial charge >= 0.3 is 5.97 Å². The van der Waals surface area contributed by atoms with Crippen LogP contribution in [-0.4, -0.2) is 32.6 Å². The number of sulfonamides is 1. The Kier molecular flexibility index (Phi) is 7.26. The fourth-order valence-corrected chi connectivity index (χ4v) is 4.03. The second kappa shape index (κ2) is 10.1. The van der Waals surface area contributed by atoms with Gasteiger partial charge in [-0.3, -0.25) is 20.3 Å². The molecule has 0 atom stereocenters. The SMILES string of the molecule is COC(=O)c1ccc(C=NNc2ccc([N+](=O)[O-])cc2S(=O)(=O)Nc2ccc(Cl)cc2)cc1. The molecular weight excluding hydrogens is 472 g/mol. The third-order valence-corrected chi connectivity index (χ3v) is 5.97. The van der Waals surface area contributed by atoms with E-state index in [0.29, 0.717) is 16.1 Å². The Hall–Kier alpha value is -3.96. The van der Waals surface area contributed by atoms with E-state index in [4.69, 9.17) is 11.6 Å². The largest absolute Gasteiger partial charge is 0.465 e. The molecule has 0 amide bonds. The van der Waals surface area contributed by atoms with Crippen molar-refractivity contribution in [1.82, 2.24) is 0 Å². The summed E-state index contributed by atoms with van der Waals surface area (Å²) in [6, 6.07) is 15.6. The third-order valence-electron chi connectivity index (χ3n) is 4.29. The first-order valence-electron chi connectivity index (χ1n) is 9.24. The van der Waals surface area contributed by atoms with Gasteiger partial charge in [-0.05, 0) is 48.0 Å². The maximum Gasteiger partial charge on any atom is 0.337 e. The minimum Gasteiger partial charge on any atom is -0.465 e. The maximum absolute atomic E-state index is 12.9. The molecule has 33 heavy (non-hydrogen) atoms. The number of anilines is 2. The van der Waals surface area contributed by atoms with Crippen LogP contribution in [0.2, 0.25) is 5.02 Å². The van der Waals surface area contributed by atoms with Crippen LogP contribution < -0.4 is 10.1 Å². The van der Waals surface area contributed by atoms with Crippen molar-refractivity contribution in [1.29, 1.82) is 0 Å². The predicted octanol–water partition coefficient (Wildman–Crippen LogP) is 4.28. The number of nitrogens with one attached hydrogen (secondary N) is 2. The standard InChI is InChI=1S/C21H17ClN4O6S/c1-32-21(27)15-4-2-14(3-5-15)13-23-24-19-11-10-18(26(28)29)12-20(19)33(30,31)25-17-8-6-16(22)7-9-17/h2-13,24-25H,1H3. The molecule has 0 heterocycles. The van der Waals surface area contributed by atoms with Crippen molar-refractivity contribution in [3.05, 3.63) is 93.0 Å². The van der Waals surface area contributed by atoms with E-state index in [1.807, 2.05) is 0 Å². The molecule has 2 N–H and O–H groups in total. The minimum atomic E-state index is -4.21. The van der Waals surface area contributed by atoms with Gasteiger partial charge in [0.05, 0.1) is 29.5 Å². The summed E-state index contributed by atoms with van der Waals surface area (Å²) >= 11 is 5.82. The summed E-state index contributed by atoms with van der Waals surface area (Å²) in [5, 5.41) is 15.6. The van der Waals surface area contributed by atoms with Crippen molar-refractivity contribution in [3.63, 3.8) is 0 Å². The number of carbonyl (C=O) groups excluding carboxylic acids is 1. The van der Waals surface area contributed by atoms with Crippen LogP contribution in [-0.2, 0) is 14.8 Å². The number of nitrogens with zero attached hydrogens (tertiary/aromatic N) is 2. The molecule has 0 saturated carbocycles. The summed E-state index contributed by atoms with van der Waals surface area (Å²) in [7, 11) is -2.93. The van der Waals surface area contributed by atoms with Gasteiger partial charge in [0.25, 0.3) is 15.7 Å². The Labute approximate surface area is 194 Å². The van der Waals surface area contributed by atoms with Gasteiger partial charge in [-0.2, -0.15) is 5.10 Å². The Morgan fingerprint density at radius 3 is 2.36 bits per heavy atom. The van der Waals surface area contributed by atoms with Crippen LogP contribution in [0.25, 0.3) is 0 Å². The number of esters is 1. The zero-order valence-corrected chi connectivity index (χ0v) is 18.6. The van der Waals surface area contributed by atoms with Gasteiger partial charge in [0.15, 0.2) is 0 Å². The topological polar surface area (TPSA) is 140 Å². The average molecular weight is 489 g/mol. The number of hydrogen-bond donors (Lipinski definition) is 2. The zero-order chi connectivity index (χ0) is 24.0. The number of nitro benzene ring substituents is 1. The van der Waals surface area contributed by atoms with Crippen molar-refractivity contribution >= 4 is 50.9 Å². The highest BCUT2D eigenvalue weighted by atomic mass is 35.5. The van der Waals surface area contributed by atoms with Gasteiger partial charge in [0.2, 0.25) is 0 Å². The highest BCUT2D eigenvalue weighted by Gasteiger charge is 2.22. The monoisotopic (exact) mass is 488 g/mol. The number of carbonyl (C=O) groups is 1. The van der Waals surface area contributed by atoms with Crippen molar-refractivity contribution in [3.8, 4) is 0 Å². The van der Waals surface area contributed by atoms with Crippen molar-refractivity contribution in [2.24, 2.45) is 5.10 Å². The van der Waals surface area contributed by atoms with Crippen LogP contribution in [0.4, 0.5) is 17.1 Å². The summed E-state index contributed by atoms with van der Waals surface area (Å²) in [5.74, 6) is -0.481. The first kappa shape index (κ1) is 23.7. The number of benzene rings is 3. The Bertz CT molecular complexity index is 1310. The number of non-ortho nitro benzene ring substituents is 1. The Morgan fingerprint density at radius 2 is 1.76 bits per heavy atom. The molecule has 0 aliphatic rings. The van der Waals surface area contributed by atoms with Crippen molar-refractivity contribution in [2.45, 2.75) is 4.90 Å². The lowest BCUT2D eigenvalue weighted by molar-refractivity contribution is -0.385. The molecular formula is C21H17ClN4O6S. The minimum absolute atomic E-state index is 0.0181. The number of ether oxygens (including phenoxy) is 1. The van der Waals surface area contributed by atoms with Crippen LogP contribution in [0.5, 0.6) is 0 Å². The molecule has 0 aromatic heterocycles. The molecule has 12 heteroatoms. The van der Waals surface area contributed by atoms with E-state index in [0.717, 1.165) is 12.1 Å². The number of halogens is 1. The molecule has 3 rings (SSSR count). The van der Waals surface area contributed by atoms with E-state index in [9.17, 15) is 23.3 Å². The summed E-state index contributed by atoms with van der Waals surface area (Å²) in [5.41, 5.74) is 3.41. The summed E-state index contributed by atoms with van der Waals surface area (Å²) in [6.07, 6.45) is 1.39. The molecule has 10 nitrogen and oxygen atoms in total. The molecule has 0 saturated heterocycles. The van der Waals surface area contributed by atoms with E-state index in [2.05, 4.69) is 20.0 Å². The lowest BCUT2D eigenvalue weighted by Crippen LogP contribution is -2.15. The van der Waals surface area contributed by atoms with E-state index >= 15 is 0 Å². The third kappa shape index (κ3) is 6.05. The number of hydrazone groups is 1. The highest BCUT2D eigenvalue weighted by Crippen LogP contribution is 2.28. The van der Waals surface area contributed by atoms with Crippen molar-refractivity contribution in [2.75, 3.05) is 17.3 Å². The van der Waals surface area contributed by atoms with Gasteiger partial charge in [0.1, 0.15) is 4.90 Å². The van der Waals surface area contributed by atoms with Crippen LogP contribution in [0.1, 0.15) is 15.9 Å². The number of methoxy groups -OCH3 is 1. The van der Waals surface area contributed by atoms with E-state index < -0.39 is 26.6 Å². The van der Waals surface area contributed by atoms with Gasteiger partial charge in [-0.1, -0.05) is 23.7 Å². The van der Waals surface area contributed by atoms with Crippen LogP contribution in [0, 0.1) is 10.1 Å². The predicted molar refractivity (Wildman–Crippen MR) is 124 cm³/mol. The van der Waals surface area contributed by atoms with Crippen LogP contribution >= 0.6 is 11.6 Å². The van der Waals surface area contributed by atoms with Crippen LogP contribution in [0.3, 0.4) is 0 Å². The number of hydrogen-bond acceptors (Lipinski definition) is 8. The number of nitro groups is 1. The summed E-state index contributed by atoms with van der Waals surface area (Å²) in [4.78, 5) is 21.6.